The number of halogens is 7. The molecular formula is C22H13Cl3F4O3. The summed E-state index contributed by atoms with van der Waals surface area (Å²) in [7, 11) is 0. The van der Waals surface area contributed by atoms with Crippen molar-refractivity contribution in [2.75, 3.05) is 6.61 Å². The van der Waals surface area contributed by atoms with Gasteiger partial charge in [-0.2, -0.15) is 13.2 Å². The van der Waals surface area contributed by atoms with Crippen molar-refractivity contribution in [1.82, 2.24) is 0 Å². The van der Waals surface area contributed by atoms with E-state index in [1.165, 1.54) is 30.3 Å². The summed E-state index contributed by atoms with van der Waals surface area (Å²) in [5.41, 5.74) is -0.595. The lowest BCUT2D eigenvalue weighted by molar-refractivity contribution is -0.137. The van der Waals surface area contributed by atoms with E-state index in [0.717, 1.165) is 0 Å². The van der Waals surface area contributed by atoms with Gasteiger partial charge in [-0.05, 0) is 65.2 Å². The Bertz CT molecular complexity index is 1160. The van der Waals surface area contributed by atoms with Crippen LogP contribution in [0.5, 0.6) is 11.5 Å². The van der Waals surface area contributed by atoms with E-state index in [1.807, 2.05) is 0 Å². The summed E-state index contributed by atoms with van der Waals surface area (Å²) >= 11 is 17.8. The molecule has 32 heavy (non-hydrogen) atoms. The van der Waals surface area contributed by atoms with E-state index in [-0.39, 0.29) is 34.4 Å². The minimum absolute atomic E-state index is 0.112. The molecule has 0 aliphatic heterocycles. The number of phenolic OH excluding ortho intramolecular Hbond substituents is 1. The van der Waals surface area contributed by atoms with E-state index in [0.29, 0.717) is 29.3 Å². The summed E-state index contributed by atoms with van der Waals surface area (Å²) < 4.78 is 58.6. The Balaban J connectivity index is 1.96. The van der Waals surface area contributed by atoms with E-state index in [9.17, 15) is 27.5 Å². The quantitative estimate of drug-likeness (QED) is 0.282. The molecule has 1 N–H and O–H groups in total. The van der Waals surface area contributed by atoms with Crippen molar-refractivity contribution >= 4 is 40.0 Å². The summed E-state index contributed by atoms with van der Waals surface area (Å²) in [6.07, 6.45) is -4.55. The summed E-state index contributed by atoms with van der Waals surface area (Å²) in [4.78, 5) is 10.8. The van der Waals surface area contributed by atoms with Crippen molar-refractivity contribution in [3.63, 3.8) is 0 Å². The SMILES string of the molecule is O=C(Cl)COc1cc(Cl)c(Cc2ccc(O)c(-c3cc(C(F)(F)F)ccc3F)c2)c(Cl)c1. The predicted octanol–water partition coefficient (Wildman–Crippen LogP) is 7.26. The second-order valence-corrected chi connectivity index (χ2v) is 7.97. The first-order valence-corrected chi connectivity index (χ1v) is 10.1. The number of aromatic hydroxyl groups is 1. The first-order valence-electron chi connectivity index (χ1n) is 8.93. The Morgan fingerprint density at radius 3 is 2.22 bits per heavy atom. The maximum absolute atomic E-state index is 14.3. The Morgan fingerprint density at radius 2 is 1.62 bits per heavy atom. The van der Waals surface area contributed by atoms with E-state index >= 15 is 0 Å². The molecule has 168 valence electrons. The Labute approximate surface area is 195 Å². The molecule has 3 nitrogen and oxygen atoms in total. The van der Waals surface area contributed by atoms with E-state index < -0.39 is 34.1 Å². The second-order valence-electron chi connectivity index (χ2n) is 6.73. The highest BCUT2D eigenvalue weighted by atomic mass is 35.5. The Morgan fingerprint density at radius 1 is 0.969 bits per heavy atom. The lowest BCUT2D eigenvalue weighted by atomic mass is 9.96. The van der Waals surface area contributed by atoms with Gasteiger partial charge in [0.2, 0.25) is 0 Å². The molecule has 0 fully saturated rings. The van der Waals surface area contributed by atoms with Crippen LogP contribution in [0.1, 0.15) is 16.7 Å². The molecule has 0 aliphatic carbocycles. The smallest absolute Gasteiger partial charge is 0.416 e. The highest BCUT2D eigenvalue weighted by Gasteiger charge is 2.31. The zero-order chi connectivity index (χ0) is 23.6. The van der Waals surface area contributed by atoms with Gasteiger partial charge in [-0.25, -0.2) is 4.39 Å². The molecule has 3 aromatic carbocycles. The number of benzene rings is 3. The standard InChI is InChI=1S/C22H13Cl3F4O3/c23-17-8-13(32-10-21(25)31)9-18(24)16(17)6-11-1-4-20(30)15(5-11)14-7-12(22(27,28)29)2-3-19(14)26/h1-5,7-9,30H,6,10H2. The largest absolute Gasteiger partial charge is 0.507 e. The molecule has 0 atom stereocenters. The van der Waals surface area contributed by atoms with Crippen molar-refractivity contribution in [2.24, 2.45) is 0 Å². The van der Waals surface area contributed by atoms with E-state index in [2.05, 4.69) is 0 Å². The minimum atomic E-state index is -4.67. The van der Waals surface area contributed by atoms with Crippen LogP contribution in [0.15, 0.2) is 48.5 Å². The zero-order valence-electron chi connectivity index (χ0n) is 15.9. The van der Waals surface area contributed by atoms with Crippen LogP contribution in [-0.2, 0) is 17.4 Å². The lowest BCUT2D eigenvalue weighted by Crippen LogP contribution is -2.05. The van der Waals surface area contributed by atoms with Crippen LogP contribution in [0.4, 0.5) is 17.6 Å². The monoisotopic (exact) mass is 506 g/mol. The van der Waals surface area contributed by atoms with Gasteiger partial charge in [-0.3, -0.25) is 4.79 Å². The number of ether oxygens (including phenoxy) is 1. The molecule has 0 bridgehead atoms. The van der Waals surface area contributed by atoms with Crippen LogP contribution in [0.25, 0.3) is 11.1 Å². The van der Waals surface area contributed by atoms with Crippen molar-refractivity contribution in [2.45, 2.75) is 12.6 Å². The molecule has 3 rings (SSSR count). The van der Waals surface area contributed by atoms with Crippen LogP contribution < -0.4 is 4.74 Å². The number of hydrogen-bond acceptors (Lipinski definition) is 3. The van der Waals surface area contributed by atoms with Gasteiger partial charge in [0.1, 0.15) is 17.3 Å². The van der Waals surface area contributed by atoms with Crippen LogP contribution in [0.2, 0.25) is 10.0 Å². The van der Waals surface area contributed by atoms with Crippen molar-refractivity contribution in [3.8, 4) is 22.6 Å². The average molecular weight is 508 g/mol. The topological polar surface area (TPSA) is 46.5 Å². The first-order chi connectivity index (χ1) is 15.0. The second kappa shape index (κ2) is 9.57. The molecule has 0 aliphatic rings. The fourth-order valence-electron chi connectivity index (χ4n) is 2.99. The third-order valence-corrected chi connectivity index (χ3v) is 5.28. The number of carbonyl (C=O) groups excluding carboxylic acids is 1. The third kappa shape index (κ3) is 5.65. The highest BCUT2D eigenvalue weighted by Crippen LogP contribution is 2.38. The molecule has 0 spiro atoms. The molecule has 0 radical (unpaired) electrons. The highest BCUT2D eigenvalue weighted by molar-refractivity contribution is 6.63. The van der Waals surface area contributed by atoms with E-state index in [1.54, 1.807) is 0 Å². The van der Waals surface area contributed by atoms with Crippen molar-refractivity contribution in [1.29, 1.82) is 0 Å². The molecule has 10 heteroatoms. The lowest BCUT2D eigenvalue weighted by Gasteiger charge is -2.14. The van der Waals surface area contributed by atoms with Crippen LogP contribution in [-0.4, -0.2) is 17.0 Å². The van der Waals surface area contributed by atoms with Crippen LogP contribution >= 0.6 is 34.8 Å². The molecule has 0 saturated carbocycles. The summed E-state index contributed by atoms with van der Waals surface area (Å²) in [6.45, 7) is -0.378. The van der Waals surface area contributed by atoms with Gasteiger partial charge in [0.05, 0.1) is 5.56 Å². The van der Waals surface area contributed by atoms with Gasteiger partial charge < -0.3 is 9.84 Å². The predicted molar refractivity (Wildman–Crippen MR) is 114 cm³/mol. The minimum Gasteiger partial charge on any atom is -0.507 e. The molecule has 3 aromatic rings. The van der Waals surface area contributed by atoms with Gasteiger partial charge >= 0.3 is 6.18 Å². The van der Waals surface area contributed by atoms with Gasteiger partial charge in [-0.1, -0.05) is 29.3 Å². The van der Waals surface area contributed by atoms with Gasteiger partial charge in [-0.15, -0.1) is 0 Å². The maximum Gasteiger partial charge on any atom is 0.416 e. The number of rotatable bonds is 6. The average Bonchev–Trinajstić information content (AvgIpc) is 2.70. The third-order valence-electron chi connectivity index (χ3n) is 4.49. The van der Waals surface area contributed by atoms with E-state index in [4.69, 9.17) is 39.5 Å². The number of alkyl halides is 3. The number of hydrogen-bond donors (Lipinski definition) is 1. The molecule has 0 unspecified atom stereocenters. The molecule has 0 amide bonds. The number of carbonyl (C=O) groups is 1. The maximum atomic E-state index is 14.3. The van der Waals surface area contributed by atoms with Crippen molar-refractivity contribution in [3.05, 3.63) is 81.1 Å². The van der Waals surface area contributed by atoms with Crippen molar-refractivity contribution < 1.29 is 32.2 Å². The molecule has 0 aromatic heterocycles. The summed E-state index contributed by atoms with van der Waals surface area (Å²) in [5, 5.41) is 9.86. The first kappa shape index (κ1) is 24.2. The fourth-order valence-corrected chi connectivity index (χ4v) is 3.65. The number of phenols is 1. The molecule has 0 saturated heterocycles. The van der Waals surface area contributed by atoms with Crippen LogP contribution in [0, 0.1) is 5.82 Å². The summed E-state index contributed by atoms with van der Waals surface area (Å²) in [6, 6.07) is 8.93. The molecule has 0 heterocycles. The van der Waals surface area contributed by atoms with Gasteiger partial charge in [0, 0.05) is 27.6 Å². The normalized spacial score (nSPS) is 11.5. The molecular weight excluding hydrogens is 495 g/mol. The fraction of sp³-hybridized carbons (Fsp3) is 0.136. The zero-order valence-corrected chi connectivity index (χ0v) is 18.2. The Kier molecular flexibility index (Phi) is 7.22. The Hall–Kier alpha value is -2.48. The van der Waals surface area contributed by atoms with Gasteiger partial charge in [0.15, 0.2) is 6.61 Å². The van der Waals surface area contributed by atoms with Gasteiger partial charge in [0.25, 0.3) is 5.24 Å². The van der Waals surface area contributed by atoms with Crippen LogP contribution in [0.3, 0.4) is 0 Å². The summed E-state index contributed by atoms with van der Waals surface area (Å²) in [5.74, 6) is -1.09.